The first-order valence-electron chi connectivity index (χ1n) is 5.76. The molecule has 0 bridgehead atoms. The molecule has 6 heteroatoms. The first-order chi connectivity index (χ1) is 9.07. The second kappa shape index (κ2) is 6.84. The highest BCUT2D eigenvalue weighted by atomic mass is 16.5. The Labute approximate surface area is 112 Å². The van der Waals surface area contributed by atoms with Crippen LogP contribution >= 0.6 is 0 Å². The molecule has 1 aromatic rings. The molecule has 0 aromatic heterocycles. The summed E-state index contributed by atoms with van der Waals surface area (Å²) in [5, 5.41) is 11.9. The number of hydrogen-bond donors (Lipinski definition) is 2. The number of carboxylic acids is 1. The second-order valence-electron chi connectivity index (χ2n) is 3.90. The standard InChI is InChI=1S/C13H19NO5/c1-14-9(7-12(15)16)8-5-10(17-2)13(19-4)11(6-8)18-3/h5-6,9,14H,7H2,1-4H3,(H,15,16). The molecule has 0 aliphatic heterocycles. The molecular weight excluding hydrogens is 250 g/mol. The van der Waals surface area contributed by atoms with Crippen LogP contribution in [0.2, 0.25) is 0 Å². The first-order valence-corrected chi connectivity index (χ1v) is 5.76. The molecule has 1 rings (SSSR count). The highest BCUT2D eigenvalue weighted by molar-refractivity contribution is 5.68. The van der Waals surface area contributed by atoms with Gasteiger partial charge >= 0.3 is 5.97 Å². The molecule has 0 saturated carbocycles. The van der Waals surface area contributed by atoms with Crippen molar-refractivity contribution in [1.29, 1.82) is 0 Å². The zero-order valence-electron chi connectivity index (χ0n) is 11.5. The van der Waals surface area contributed by atoms with Crippen molar-refractivity contribution in [2.24, 2.45) is 0 Å². The van der Waals surface area contributed by atoms with Gasteiger partial charge in [-0.15, -0.1) is 0 Å². The third-order valence-corrected chi connectivity index (χ3v) is 2.82. The fourth-order valence-electron chi connectivity index (χ4n) is 1.86. The van der Waals surface area contributed by atoms with Crippen molar-refractivity contribution in [2.75, 3.05) is 28.4 Å². The van der Waals surface area contributed by atoms with Crippen molar-refractivity contribution in [1.82, 2.24) is 5.32 Å². The molecule has 0 aliphatic rings. The van der Waals surface area contributed by atoms with Crippen molar-refractivity contribution in [3.8, 4) is 17.2 Å². The van der Waals surface area contributed by atoms with Gasteiger partial charge in [0.1, 0.15) is 0 Å². The van der Waals surface area contributed by atoms with Gasteiger partial charge in [-0.2, -0.15) is 0 Å². The number of aliphatic carboxylic acids is 1. The Morgan fingerprint density at radius 1 is 1.21 bits per heavy atom. The molecule has 0 aliphatic carbocycles. The molecule has 0 fully saturated rings. The third-order valence-electron chi connectivity index (χ3n) is 2.82. The highest BCUT2D eigenvalue weighted by Gasteiger charge is 2.19. The quantitative estimate of drug-likeness (QED) is 0.780. The van der Waals surface area contributed by atoms with Gasteiger partial charge in [-0.25, -0.2) is 0 Å². The van der Waals surface area contributed by atoms with Crippen LogP contribution in [0.25, 0.3) is 0 Å². The maximum Gasteiger partial charge on any atom is 0.305 e. The van der Waals surface area contributed by atoms with Crippen LogP contribution in [-0.2, 0) is 4.79 Å². The molecule has 1 unspecified atom stereocenters. The van der Waals surface area contributed by atoms with Gasteiger partial charge in [0.15, 0.2) is 11.5 Å². The Kier molecular flexibility index (Phi) is 5.44. The normalized spacial score (nSPS) is 11.8. The SMILES string of the molecule is CNC(CC(=O)O)c1cc(OC)c(OC)c(OC)c1. The third kappa shape index (κ3) is 3.51. The van der Waals surface area contributed by atoms with E-state index in [2.05, 4.69) is 5.32 Å². The van der Waals surface area contributed by atoms with Gasteiger partial charge in [-0.1, -0.05) is 0 Å². The van der Waals surface area contributed by atoms with Gasteiger partial charge in [-0.3, -0.25) is 4.79 Å². The van der Waals surface area contributed by atoms with E-state index < -0.39 is 5.97 Å². The predicted octanol–water partition coefficient (Wildman–Crippen LogP) is 1.45. The van der Waals surface area contributed by atoms with Gasteiger partial charge in [0.05, 0.1) is 27.8 Å². The van der Waals surface area contributed by atoms with E-state index in [1.54, 1.807) is 19.2 Å². The van der Waals surface area contributed by atoms with Crippen LogP contribution in [0.4, 0.5) is 0 Å². The Balaban J connectivity index is 3.24. The van der Waals surface area contributed by atoms with Crippen LogP contribution in [-0.4, -0.2) is 39.5 Å². The van der Waals surface area contributed by atoms with Crippen molar-refractivity contribution >= 4 is 5.97 Å². The van der Waals surface area contributed by atoms with E-state index in [0.29, 0.717) is 17.2 Å². The summed E-state index contributed by atoms with van der Waals surface area (Å²) in [5.41, 5.74) is 0.763. The lowest BCUT2D eigenvalue weighted by Crippen LogP contribution is -2.20. The average molecular weight is 269 g/mol. The zero-order chi connectivity index (χ0) is 14.4. The zero-order valence-corrected chi connectivity index (χ0v) is 11.5. The van der Waals surface area contributed by atoms with E-state index in [1.165, 1.54) is 21.3 Å². The van der Waals surface area contributed by atoms with Crippen molar-refractivity contribution < 1.29 is 24.1 Å². The predicted molar refractivity (Wildman–Crippen MR) is 70.2 cm³/mol. The number of carboxylic acid groups (broad SMARTS) is 1. The van der Waals surface area contributed by atoms with Crippen molar-refractivity contribution in [2.45, 2.75) is 12.5 Å². The first kappa shape index (κ1) is 15.1. The van der Waals surface area contributed by atoms with E-state index in [1.807, 2.05) is 0 Å². The summed E-state index contributed by atoms with van der Waals surface area (Å²) in [6.45, 7) is 0. The minimum absolute atomic E-state index is 0.0326. The van der Waals surface area contributed by atoms with Gasteiger partial charge in [0.25, 0.3) is 0 Å². The molecular formula is C13H19NO5. The largest absolute Gasteiger partial charge is 0.493 e. The molecule has 1 aromatic carbocycles. The van der Waals surface area contributed by atoms with E-state index in [4.69, 9.17) is 19.3 Å². The summed E-state index contributed by atoms with van der Waals surface area (Å²) in [4.78, 5) is 10.8. The van der Waals surface area contributed by atoms with Gasteiger partial charge < -0.3 is 24.6 Å². The lowest BCUT2D eigenvalue weighted by Gasteiger charge is -2.19. The summed E-state index contributed by atoms with van der Waals surface area (Å²) in [5.74, 6) is 0.608. The molecule has 6 nitrogen and oxygen atoms in total. The maximum absolute atomic E-state index is 10.8. The van der Waals surface area contributed by atoms with E-state index >= 15 is 0 Å². The molecule has 106 valence electrons. The van der Waals surface area contributed by atoms with Crippen LogP contribution in [0.1, 0.15) is 18.0 Å². The molecule has 0 heterocycles. The number of nitrogens with one attached hydrogen (secondary N) is 1. The minimum Gasteiger partial charge on any atom is -0.493 e. The van der Waals surface area contributed by atoms with Crippen LogP contribution in [0.5, 0.6) is 17.2 Å². The van der Waals surface area contributed by atoms with Gasteiger partial charge in [0, 0.05) is 6.04 Å². The topological polar surface area (TPSA) is 77.0 Å². The molecule has 0 amide bonds. The van der Waals surface area contributed by atoms with Crippen molar-refractivity contribution in [3.63, 3.8) is 0 Å². The number of methoxy groups -OCH3 is 3. The molecule has 0 radical (unpaired) electrons. The highest BCUT2D eigenvalue weighted by Crippen LogP contribution is 2.40. The second-order valence-corrected chi connectivity index (χ2v) is 3.90. The van der Waals surface area contributed by atoms with E-state index in [0.717, 1.165) is 5.56 Å². The molecule has 2 N–H and O–H groups in total. The number of ether oxygens (including phenoxy) is 3. The maximum atomic E-state index is 10.8. The summed E-state index contributed by atoms with van der Waals surface area (Å²) < 4.78 is 15.7. The smallest absolute Gasteiger partial charge is 0.305 e. The number of benzene rings is 1. The van der Waals surface area contributed by atoms with Crippen LogP contribution in [0, 0.1) is 0 Å². The summed E-state index contributed by atoms with van der Waals surface area (Å²) in [6.07, 6.45) is -0.0326. The Hall–Kier alpha value is -1.95. The summed E-state index contributed by atoms with van der Waals surface area (Å²) in [6, 6.07) is 3.16. The molecule has 0 spiro atoms. The monoisotopic (exact) mass is 269 g/mol. The van der Waals surface area contributed by atoms with Crippen LogP contribution in [0.15, 0.2) is 12.1 Å². The van der Waals surface area contributed by atoms with E-state index in [9.17, 15) is 4.79 Å². The molecule has 19 heavy (non-hydrogen) atoms. The number of carbonyl (C=O) groups is 1. The van der Waals surface area contributed by atoms with Crippen molar-refractivity contribution in [3.05, 3.63) is 17.7 Å². The Bertz CT molecular complexity index is 422. The Morgan fingerprint density at radius 3 is 2.05 bits per heavy atom. The molecule has 1 atom stereocenters. The summed E-state index contributed by atoms with van der Waals surface area (Å²) >= 11 is 0. The lowest BCUT2D eigenvalue weighted by atomic mass is 10.0. The van der Waals surface area contributed by atoms with Crippen LogP contribution in [0.3, 0.4) is 0 Å². The number of hydrogen-bond acceptors (Lipinski definition) is 5. The lowest BCUT2D eigenvalue weighted by molar-refractivity contribution is -0.137. The Morgan fingerprint density at radius 2 is 1.74 bits per heavy atom. The fraction of sp³-hybridized carbons (Fsp3) is 0.462. The van der Waals surface area contributed by atoms with E-state index in [-0.39, 0.29) is 12.5 Å². The number of rotatable bonds is 7. The van der Waals surface area contributed by atoms with Crippen LogP contribution < -0.4 is 19.5 Å². The summed E-state index contributed by atoms with van der Waals surface area (Å²) in [7, 11) is 6.27. The molecule has 0 saturated heterocycles. The average Bonchev–Trinajstić information content (AvgIpc) is 2.42. The van der Waals surface area contributed by atoms with Gasteiger partial charge in [-0.05, 0) is 24.7 Å². The fourth-order valence-corrected chi connectivity index (χ4v) is 1.86. The minimum atomic E-state index is -0.881. The van der Waals surface area contributed by atoms with Gasteiger partial charge in [0.2, 0.25) is 5.75 Å².